The second kappa shape index (κ2) is 4.78. The number of benzene rings is 1. The number of nitriles is 1. The Bertz CT molecular complexity index is 646. The van der Waals surface area contributed by atoms with Crippen molar-refractivity contribution >= 4 is 15.9 Å². The van der Waals surface area contributed by atoms with Crippen LogP contribution in [-0.2, 0) is 7.05 Å². The van der Waals surface area contributed by atoms with Crippen molar-refractivity contribution in [3.8, 4) is 17.7 Å². The Morgan fingerprint density at radius 1 is 1.50 bits per heavy atom. The number of hydrogen-bond acceptors (Lipinski definition) is 3. The van der Waals surface area contributed by atoms with E-state index in [-0.39, 0.29) is 5.82 Å². The lowest BCUT2D eigenvalue weighted by Crippen LogP contribution is -1.96. The number of aromatic nitrogens is 2. The van der Waals surface area contributed by atoms with Gasteiger partial charge in [0.25, 0.3) is 0 Å². The Hall–Kier alpha value is -1.87. The summed E-state index contributed by atoms with van der Waals surface area (Å²) >= 11 is 3.08. The van der Waals surface area contributed by atoms with E-state index in [2.05, 4.69) is 21.0 Å². The van der Waals surface area contributed by atoms with Crippen LogP contribution in [0.2, 0.25) is 0 Å². The molecule has 0 saturated heterocycles. The first-order valence-corrected chi connectivity index (χ1v) is 5.89. The van der Waals surface area contributed by atoms with Crippen molar-refractivity contribution in [2.45, 2.75) is 6.92 Å². The molecule has 2 rings (SSSR count). The van der Waals surface area contributed by atoms with Gasteiger partial charge in [-0.15, -0.1) is 0 Å². The van der Waals surface area contributed by atoms with Gasteiger partial charge in [0, 0.05) is 7.05 Å². The molecular formula is C12H9BrFN3O. The van der Waals surface area contributed by atoms with Crippen LogP contribution in [0.1, 0.15) is 11.3 Å². The van der Waals surface area contributed by atoms with Crippen LogP contribution >= 0.6 is 15.9 Å². The van der Waals surface area contributed by atoms with Gasteiger partial charge >= 0.3 is 0 Å². The summed E-state index contributed by atoms with van der Waals surface area (Å²) in [5.41, 5.74) is 0.967. The minimum absolute atomic E-state index is 0.303. The predicted molar refractivity (Wildman–Crippen MR) is 66.8 cm³/mol. The van der Waals surface area contributed by atoms with Gasteiger partial charge in [-0.25, -0.2) is 9.07 Å². The van der Waals surface area contributed by atoms with E-state index >= 15 is 0 Å². The fraction of sp³-hybridized carbons (Fsp3) is 0.167. The van der Waals surface area contributed by atoms with Gasteiger partial charge in [0.2, 0.25) is 5.88 Å². The summed E-state index contributed by atoms with van der Waals surface area (Å²) in [6.07, 6.45) is 0. The van der Waals surface area contributed by atoms with E-state index in [1.165, 1.54) is 22.9 Å². The molecule has 0 spiro atoms. The average molecular weight is 310 g/mol. The molecule has 0 bridgehead atoms. The van der Waals surface area contributed by atoms with Crippen LogP contribution in [0.3, 0.4) is 0 Å². The second-order valence-corrected chi connectivity index (χ2v) is 4.53. The maximum Gasteiger partial charge on any atom is 0.235 e. The van der Waals surface area contributed by atoms with Crippen LogP contribution in [-0.4, -0.2) is 9.78 Å². The molecule has 2 aromatic rings. The van der Waals surface area contributed by atoms with Crippen molar-refractivity contribution in [3.63, 3.8) is 0 Å². The van der Waals surface area contributed by atoms with E-state index in [0.717, 1.165) is 0 Å². The first-order valence-electron chi connectivity index (χ1n) is 5.09. The maximum atomic E-state index is 13.1. The number of rotatable bonds is 2. The van der Waals surface area contributed by atoms with Crippen LogP contribution in [0, 0.1) is 24.1 Å². The van der Waals surface area contributed by atoms with Crippen LogP contribution in [0.25, 0.3) is 0 Å². The molecule has 0 fully saturated rings. The summed E-state index contributed by atoms with van der Waals surface area (Å²) in [6, 6.07) is 6.31. The molecule has 0 amide bonds. The van der Waals surface area contributed by atoms with Crippen molar-refractivity contribution in [2.24, 2.45) is 7.05 Å². The number of nitrogens with zero attached hydrogens (tertiary/aromatic N) is 3. The number of ether oxygens (including phenoxy) is 1. The van der Waals surface area contributed by atoms with Gasteiger partial charge in [0.15, 0.2) is 0 Å². The molecule has 0 aliphatic rings. The Labute approximate surface area is 112 Å². The first-order chi connectivity index (χ1) is 8.52. The molecule has 1 aromatic carbocycles. The standard InChI is InChI=1S/C12H9BrFN3O/c1-7-9(6-15)12(17(2)16-7)18-8-3-4-11(14)10(13)5-8/h3-5H,1-2H3. The zero-order valence-corrected chi connectivity index (χ0v) is 11.3. The van der Waals surface area contributed by atoms with Crippen LogP contribution in [0.5, 0.6) is 11.6 Å². The highest BCUT2D eigenvalue weighted by Crippen LogP contribution is 2.29. The largest absolute Gasteiger partial charge is 0.438 e. The molecule has 1 heterocycles. The third-order valence-electron chi connectivity index (χ3n) is 2.39. The quantitative estimate of drug-likeness (QED) is 0.855. The smallest absolute Gasteiger partial charge is 0.235 e. The third kappa shape index (κ3) is 2.22. The maximum absolute atomic E-state index is 13.1. The van der Waals surface area contributed by atoms with Crippen molar-refractivity contribution in [1.82, 2.24) is 9.78 Å². The van der Waals surface area contributed by atoms with E-state index < -0.39 is 0 Å². The lowest BCUT2D eigenvalue weighted by molar-refractivity contribution is 0.428. The minimum atomic E-state index is -0.371. The zero-order valence-electron chi connectivity index (χ0n) is 9.74. The third-order valence-corrected chi connectivity index (χ3v) is 2.99. The van der Waals surface area contributed by atoms with E-state index in [1.807, 2.05) is 6.07 Å². The molecule has 92 valence electrons. The Morgan fingerprint density at radius 3 is 2.83 bits per heavy atom. The van der Waals surface area contributed by atoms with E-state index in [1.54, 1.807) is 14.0 Å². The van der Waals surface area contributed by atoms with Gasteiger partial charge in [-0.2, -0.15) is 10.4 Å². The second-order valence-electron chi connectivity index (χ2n) is 3.68. The molecule has 18 heavy (non-hydrogen) atoms. The molecule has 0 aliphatic heterocycles. The summed E-state index contributed by atoms with van der Waals surface area (Å²) in [5, 5.41) is 13.1. The van der Waals surface area contributed by atoms with Crippen molar-refractivity contribution in [2.75, 3.05) is 0 Å². The number of halogens is 2. The molecule has 0 radical (unpaired) electrons. The van der Waals surface area contributed by atoms with Gasteiger partial charge in [0.05, 0.1) is 10.2 Å². The number of aryl methyl sites for hydroxylation is 2. The molecular weight excluding hydrogens is 301 g/mol. The van der Waals surface area contributed by atoms with Crippen molar-refractivity contribution in [1.29, 1.82) is 5.26 Å². The Morgan fingerprint density at radius 2 is 2.22 bits per heavy atom. The van der Waals surface area contributed by atoms with E-state index in [4.69, 9.17) is 10.00 Å². The minimum Gasteiger partial charge on any atom is -0.438 e. The Balaban J connectivity index is 2.40. The monoisotopic (exact) mass is 309 g/mol. The van der Waals surface area contributed by atoms with E-state index in [9.17, 15) is 4.39 Å². The highest BCUT2D eigenvalue weighted by Gasteiger charge is 2.15. The van der Waals surface area contributed by atoms with Crippen LogP contribution < -0.4 is 4.74 Å². The first kappa shape index (κ1) is 12.6. The lowest BCUT2D eigenvalue weighted by atomic mass is 10.3. The SMILES string of the molecule is Cc1nn(C)c(Oc2ccc(F)c(Br)c2)c1C#N. The Kier molecular flexibility index (Phi) is 3.34. The van der Waals surface area contributed by atoms with Gasteiger partial charge in [-0.3, -0.25) is 0 Å². The molecule has 0 atom stereocenters. The topological polar surface area (TPSA) is 50.8 Å². The molecule has 0 saturated carbocycles. The zero-order chi connectivity index (χ0) is 13.3. The fourth-order valence-corrected chi connectivity index (χ4v) is 1.89. The summed E-state index contributed by atoms with van der Waals surface area (Å²) in [5.74, 6) is 0.403. The van der Waals surface area contributed by atoms with Crippen LogP contribution in [0.15, 0.2) is 22.7 Å². The molecule has 0 aliphatic carbocycles. The van der Waals surface area contributed by atoms with E-state index in [0.29, 0.717) is 27.4 Å². The molecule has 0 N–H and O–H groups in total. The van der Waals surface area contributed by atoms with Gasteiger partial charge in [0.1, 0.15) is 23.2 Å². The summed E-state index contributed by atoms with van der Waals surface area (Å²) in [7, 11) is 1.68. The highest BCUT2D eigenvalue weighted by molar-refractivity contribution is 9.10. The lowest BCUT2D eigenvalue weighted by Gasteiger charge is -2.06. The fourth-order valence-electron chi connectivity index (χ4n) is 1.53. The van der Waals surface area contributed by atoms with Crippen molar-refractivity contribution < 1.29 is 9.13 Å². The normalized spacial score (nSPS) is 10.2. The summed E-state index contributed by atoms with van der Waals surface area (Å²) in [6.45, 7) is 1.73. The van der Waals surface area contributed by atoms with Crippen LogP contribution in [0.4, 0.5) is 4.39 Å². The predicted octanol–water partition coefficient (Wildman–Crippen LogP) is 3.29. The van der Waals surface area contributed by atoms with Gasteiger partial charge in [-0.05, 0) is 41.1 Å². The number of hydrogen-bond donors (Lipinski definition) is 0. The molecule has 1 aromatic heterocycles. The molecule has 0 unspecified atom stereocenters. The highest BCUT2D eigenvalue weighted by atomic mass is 79.9. The molecule has 4 nitrogen and oxygen atoms in total. The molecule has 6 heteroatoms. The van der Waals surface area contributed by atoms with Gasteiger partial charge < -0.3 is 4.74 Å². The summed E-state index contributed by atoms with van der Waals surface area (Å²) in [4.78, 5) is 0. The van der Waals surface area contributed by atoms with Crippen molar-refractivity contribution in [3.05, 3.63) is 39.7 Å². The average Bonchev–Trinajstić information content (AvgIpc) is 2.58. The summed E-state index contributed by atoms with van der Waals surface area (Å²) < 4.78 is 20.4. The van der Waals surface area contributed by atoms with Gasteiger partial charge in [-0.1, -0.05) is 0 Å².